The molecular formula is C14H20ClN3O2. The molecule has 1 saturated heterocycles. The normalized spacial score (nSPS) is 19.2. The molecular weight excluding hydrogens is 278 g/mol. The van der Waals surface area contributed by atoms with Gasteiger partial charge in [-0.2, -0.15) is 4.98 Å². The van der Waals surface area contributed by atoms with Crippen LogP contribution in [0.3, 0.4) is 0 Å². The summed E-state index contributed by atoms with van der Waals surface area (Å²) in [6.07, 6.45) is 2.51. The summed E-state index contributed by atoms with van der Waals surface area (Å²) < 4.78 is 5.54. The van der Waals surface area contributed by atoms with E-state index in [0.29, 0.717) is 17.7 Å². The number of nitrogens with zero attached hydrogens (tertiary/aromatic N) is 3. The largest absolute Gasteiger partial charge is 0.463 e. The van der Waals surface area contributed by atoms with Crippen LogP contribution in [0.1, 0.15) is 27.2 Å². The molecule has 1 fully saturated rings. The number of likely N-dealkylation sites (tertiary alicyclic amines) is 1. The van der Waals surface area contributed by atoms with Crippen LogP contribution in [0.4, 0.5) is 0 Å². The van der Waals surface area contributed by atoms with Crippen molar-refractivity contribution in [1.82, 2.24) is 14.9 Å². The number of carbonyl (C=O) groups excluding carboxylic acids is 1. The second kappa shape index (κ2) is 5.95. The zero-order valence-corrected chi connectivity index (χ0v) is 12.9. The summed E-state index contributed by atoms with van der Waals surface area (Å²) >= 11 is 5.77. The topological polar surface area (TPSA) is 55.3 Å². The number of carbonyl (C=O) groups is 1. The molecule has 2 rings (SSSR count). The lowest BCUT2D eigenvalue weighted by Crippen LogP contribution is -2.38. The minimum atomic E-state index is -0.328. The molecule has 1 unspecified atom stereocenters. The molecule has 1 aromatic heterocycles. The third-order valence-corrected chi connectivity index (χ3v) is 3.47. The molecule has 110 valence electrons. The van der Waals surface area contributed by atoms with Gasteiger partial charge in [-0.1, -0.05) is 32.4 Å². The van der Waals surface area contributed by atoms with Crippen LogP contribution in [0, 0.1) is 11.3 Å². The van der Waals surface area contributed by atoms with Gasteiger partial charge in [-0.3, -0.25) is 4.79 Å². The third-order valence-electron chi connectivity index (χ3n) is 3.26. The molecule has 1 aliphatic heterocycles. The average molecular weight is 298 g/mol. The van der Waals surface area contributed by atoms with Gasteiger partial charge in [0.2, 0.25) is 5.91 Å². The van der Waals surface area contributed by atoms with Gasteiger partial charge in [-0.15, -0.1) is 0 Å². The Bertz CT molecular complexity index is 488. The van der Waals surface area contributed by atoms with Crippen LogP contribution in [0.15, 0.2) is 12.3 Å². The van der Waals surface area contributed by atoms with Gasteiger partial charge in [0, 0.05) is 30.6 Å². The molecule has 1 amide bonds. The van der Waals surface area contributed by atoms with Crippen molar-refractivity contribution in [2.24, 2.45) is 11.3 Å². The fourth-order valence-electron chi connectivity index (χ4n) is 2.21. The number of hydrogen-bond donors (Lipinski definition) is 0. The molecule has 0 saturated carbocycles. The number of amides is 1. The van der Waals surface area contributed by atoms with Gasteiger partial charge in [-0.05, 0) is 12.5 Å². The van der Waals surface area contributed by atoms with Crippen molar-refractivity contribution in [3.05, 3.63) is 17.4 Å². The lowest BCUT2D eigenvalue weighted by molar-refractivity contribution is -0.138. The molecule has 5 nitrogen and oxygen atoms in total. The van der Waals surface area contributed by atoms with E-state index < -0.39 is 0 Å². The first-order valence-corrected chi connectivity index (χ1v) is 7.15. The SMILES string of the molecule is CC(C)(C)C(=O)N1CCC(COc2nccc(Cl)n2)C1. The van der Waals surface area contributed by atoms with Crippen molar-refractivity contribution in [3.8, 4) is 6.01 Å². The van der Waals surface area contributed by atoms with Crippen molar-refractivity contribution >= 4 is 17.5 Å². The predicted molar refractivity (Wildman–Crippen MR) is 76.7 cm³/mol. The van der Waals surface area contributed by atoms with Gasteiger partial charge in [0.05, 0.1) is 6.61 Å². The van der Waals surface area contributed by atoms with E-state index in [9.17, 15) is 4.79 Å². The Morgan fingerprint density at radius 2 is 2.30 bits per heavy atom. The van der Waals surface area contributed by atoms with Crippen molar-refractivity contribution in [3.63, 3.8) is 0 Å². The van der Waals surface area contributed by atoms with Crippen molar-refractivity contribution < 1.29 is 9.53 Å². The first kappa shape index (κ1) is 15.0. The Balaban J connectivity index is 1.83. The number of rotatable bonds is 3. The standard InChI is InChI=1S/C14H20ClN3O2/c1-14(2,3)12(19)18-7-5-10(8-18)9-20-13-16-6-4-11(15)17-13/h4,6,10H,5,7-9H2,1-3H3. The maximum Gasteiger partial charge on any atom is 0.317 e. The highest BCUT2D eigenvalue weighted by molar-refractivity contribution is 6.29. The van der Waals surface area contributed by atoms with Crippen LogP contribution in [0.25, 0.3) is 0 Å². The lowest BCUT2D eigenvalue weighted by Gasteiger charge is -2.25. The minimum absolute atomic E-state index is 0.194. The van der Waals surface area contributed by atoms with E-state index in [1.54, 1.807) is 12.3 Å². The second-order valence-electron chi connectivity index (χ2n) is 6.13. The van der Waals surface area contributed by atoms with Crippen molar-refractivity contribution in [2.75, 3.05) is 19.7 Å². The summed E-state index contributed by atoms with van der Waals surface area (Å²) in [6, 6.07) is 1.89. The van der Waals surface area contributed by atoms with Gasteiger partial charge in [-0.25, -0.2) is 4.98 Å². The number of hydrogen-bond acceptors (Lipinski definition) is 4. The fraction of sp³-hybridized carbons (Fsp3) is 0.643. The van der Waals surface area contributed by atoms with Gasteiger partial charge in [0.25, 0.3) is 0 Å². The summed E-state index contributed by atoms with van der Waals surface area (Å²) in [5.74, 6) is 0.517. The Labute approximate surface area is 124 Å². The van der Waals surface area contributed by atoms with Gasteiger partial charge in [0.1, 0.15) is 5.15 Å². The molecule has 1 atom stereocenters. The molecule has 0 spiro atoms. The van der Waals surface area contributed by atoms with Crippen molar-refractivity contribution in [2.45, 2.75) is 27.2 Å². The van der Waals surface area contributed by atoms with Gasteiger partial charge >= 0.3 is 6.01 Å². The average Bonchev–Trinajstić information content (AvgIpc) is 2.83. The first-order valence-electron chi connectivity index (χ1n) is 6.77. The summed E-state index contributed by atoms with van der Waals surface area (Å²) in [7, 11) is 0. The summed E-state index contributed by atoms with van der Waals surface area (Å²) in [4.78, 5) is 22.1. The van der Waals surface area contributed by atoms with E-state index in [4.69, 9.17) is 16.3 Å². The zero-order chi connectivity index (χ0) is 14.8. The first-order chi connectivity index (χ1) is 9.36. The van der Waals surface area contributed by atoms with E-state index in [-0.39, 0.29) is 17.3 Å². The van der Waals surface area contributed by atoms with E-state index in [1.165, 1.54) is 0 Å². The number of aromatic nitrogens is 2. The molecule has 0 N–H and O–H groups in total. The zero-order valence-electron chi connectivity index (χ0n) is 12.1. The monoisotopic (exact) mass is 297 g/mol. The smallest absolute Gasteiger partial charge is 0.317 e. The lowest BCUT2D eigenvalue weighted by atomic mass is 9.95. The Morgan fingerprint density at radius 3 is 2.95 bits per heavy atom. The maximum absolute atomic E-state index is 12.2. The van der Waals surface area contributed by atoms with Crippen LogP contribution >= 0.6 is 11.6 Å². The molecule has 1 aromatic rings. The van der Waals surface area contributed by atoms with E-state index in [1.807, 2.05) is 25.7 Å². The van der Waals surface area contributed by atoms with Crippen LogP contribution in [-0.4, -0.2) is 40.5 Å². The Kier molecular flexibility index (Phi) is 4.48. The van der Waals surface area contributed by atoms with E-state index in [0.717, 1.165) is 19.5 Å². The highest BCUT2D eigenvalue weighted by atomic mass is 35.5. The van der Waals surface area contributed by atoms with Crippen molar-refractivity contribution in [1.29, 1.82) is 0 Å². The maximum atomic E-state index is 12.2. The van der Waals surface area contributed by atoms with Gasteiger partial charge in [0.15, 0.2) is 0 Å². The van der Waals surface area contributed by atoms with Crippen LogP contribution in [0.2, 0.25) is 5.15 Å². The van der Waals surface area contributed by atoms with Gasteiger partial charge < -0.3 is 9.64 Å². The molecule has 0 radical (unpaired) electrons. The summed E-state index contributed by atoms with van der Waals surface area (Å²) in [6.45, 7) is 7.86. The highest BCUT2D eigenvalue weighted by Gasteiger charge is 2.33. The highest BCUT2D eigenvalue weighted by Crippen LogP contribution is 2.24. The number of ether oxygens (including phenoxy) is 1. The Morgan fingerprint density at radius 1 is 1.55 bits per heavy atom. The third kappa shape index (κ3) is 3.82. The fourth-order valence-corrected chi connectivity index (χ4v) is 2.34. The van der Waals surface area contributed by atoms with Crippen LogP contribution in [0.5, 0.6) is 6.01 Å². The van der Waals surface area contributed by atoms with E-state index in [2.05, 4.69) is 9.97 Å². The molecule has 1 aliphatic rings. The van der Waals surface area contributed by atoms with E-state index >= 15 is 0 Å². The predicted octanol–water partition coefficient (Wildman–Crippen LogP) is 2.40. The van der Waals surface area contributed by atoms with Crippen LogP contribution in [-0.2, 0) is 4.79 Å². The molecule has 0 aromatic carbocycles. The Hall–Kier alpha value is -1.36. The summed E-state index contributed by atoms with van der Waals surface area (Å²) in [5, 5.41) is 0.367. The molecule has 0 bridgehead atoms. The number of halogens is 1. The molecule has 20 heavy (non-hydrogen) atoms. The molecule has 6 heteroatoms. The molecule has 2 heterocycles. The minimum Gasteiger partial charge on any atom is -0.463 e. The second-order valence-corrected chi connectivity index (χ2v) is 6.52. The van der Waals surface area contributed by atoms with Crippen LogP contribution < -0.4 is 4.74 Å². The molecule has 0 aliphatic carbocycles. The summed E-state index contributed by atoms with van der Waals surface area (Å²) in [5.41, 5.74) is -0.328. The quantitative estimate of drug-likeness (QED) is 0.804.